The van der Waals surface area contributed by atoms with E-state index in [9.17, 15) is 10.2 Å². The third-order valence-corrected chi connectivity index (χ3v) is 4.83. The highest BCUT2D eigenvalue weighted by Gasteiger charge is 2.20. The Morgan fingerprint density at radius 1 is 0.882 bits per heavy atom. The summed E-state index contributed by atoms with van der Waals surface area (Å²) in [5.41, 5.74) is 2.80. The molecule has 0 aromatic heterocycles. The second-order valence-corrected chi connectivity index (χ2v) is 5.68. The van der Waals surface area contributed by atoms with Crippen LogP contribution in [0.2, 0.25) is 0 Å². The van der Waals surface area contributed by atoms with Crippen molar-refractivity contribution in [2.24, 2.45) is 4.99 Å². The van der Waals surface area contributed by atoms with Gasteiger partial charge in [0.05, 0.1) is 5.69 Å². The van der Waals surface area contributed by atoms with Gasteiger partial charge in [-0.3, -0.25) is 4.99 Å². The van der Waals surface area contributed by atoms with Gasteiger partial charge in [0.1, 0.15) is 0 Å². The van der Waals surface area contributed by atoms with Gasteiger partial charge in [-0.05, 0) is 24.3 Å². The molecule has 2 N–H and O–H groups in total. The summed E-state index contributed by atoms with van der Waals surface area (Å²) in [5, 5.41) is 19.4. The van der Waals surface area contributed by atoms with Crippen molar-refractivity contribution in [3.05, 3.63) is 42.5 Å². The molecular formula is C13H11NO2S. The van der Waals surface area contributed by atoms with E-state index in [2.05, 4.69) is 4.99 Å². The summed E-state index contributed by atoms with van der Waals surface area (Å²) in [7, 11) is -0.795. The van der Waals surface area contributed by atoms with Crippen LogP contribution >= 0.6 is 10.9 Å². The maximum absolute atomic E-state index is 9.89. The molecule has 3 nitrogen and oxygen atoms in total. The molecule has 0 fully saturated rings. The summed E-state index contributed by atoms with van der Waals surface area (Å²) < 4.78 is 0. The number of aromatic hydroxyl groups is 2. The zero-order valence-corrected chi connectivity index (χ0v) is 9.80. The van der Waals surface area contributed by atoms with Gasteiger partial charge in [-0.25, -0.2) is 0 Å². The Morgan fingerprint density at radius 3 is 2.53 bits per heavy atom. The molecule has 1 unspecified atom stereocenters. The van der Waals surface area contributed by atoms with Crippen molar-refractivity contribution in [3.63, 3.8) is 0 Å². The molecule has 2 aromatic carbocycles. The van der Waals surface area contributed by atoms with Crippen LogP contribution in [0.4, 0.5) is 5.69 Å². The number of phenols is 2. The quantitative estimate of drug-likeness (QED) is 0.534. The largest absolute Gasteiger partial charge is 0.504 e. The highest BCUT2D eigenvalue weighted by Crippen LogP contribution is 2.55. The Bertz CT molecular complexity index is 610. The lowest BCUT2D eigenvalue weighted by Crippen LogP contribution is -1.84. The number of benzene rings is 2. The molecule has 0 saturated heterocycles. The van der Waals surface area contributed by atoms with Gasteiger partial charge in [0.15, 0.2) is 11.5 Å². The summed E-state index contributed by atoms with van der Waals surface area (Å²) in [6.45, 7) is 0. The first-order valence-corrected chi connectivity index (χ1v) is 6.62. The maximum atomic E-state index is 9.89. The number of nitrogens with zero attached hydrogens (tertiary/aromatic N) is 1. The van der Waals surface area contributed by atoms with Gasteiger partial charge in [0.25, 0.3) is 0 Å². The van der Waals surface area contributed by atoms with Crippen molar-refractivity contribution in [1.82, 2.24) is 0 Å². The van der Waals surface area contributed by atoms with E-state index in [1.165, 1.54) is 6.07 Å². The minimum absolute atomic E-state index is 0.0400. The van der Waals surface area contributed by atoms with E-state index in [1.807, 2.05) is 35.9 Å². The van der Waals surface area contributed by atoms with Crippen molar-refractivity contribution in [2.45, 2.75) is 9.79 Å². The second-order valence-electron chi connectivity index (χ2n) is 3.75. The fraction of sp³-hybridized carbons (Fsp3) is 0. The van der Waals surface area contributed by atoms with E-state index in [0.717, 1.165) is 15.5 Å². The topological polar surface area (TPSA) is 52.8 Å². The number of para-hydroxylation sites is 2. The summed E-state index contributed by atoms with van der Waals surface area (Å²) in [4.78, 5) is 6.20. The molecule has 1 heterocycles. The summed E-state index contributed by atoms with van der Waals surface area (Å²) in [5.74, 6) is -0.121. The standard InChI is InChI=1S/C13H11NO2S/c15-10-5-3-7-12(13(10)16)17-8-14-9-4-1-2-6-11(9)17/h1-8,15-17H. The number of fused-ring (bicyclic) bond motifs is 1. The number of hydrogen-bond donors (Lipinski definition) is 3. The fourth-order valence-electron chi connectivity index (χ4n) is 1.87. The lowest BCUT2D eigenvalue weighted by Gasteiger charge is -2.15. The Labute approximate surface area is 101 Å². The van der Waals surface area contributed by atoms with Crippen molar-refractivity contribution >= 4 is 22.1 Å². The van der Waals surface area contributed by atoms with Gasteiger partial charge in [0, 0.05) is 15.3 Å². The molecule has 0 amide bonds. The van der Waals surface area contributed by atoms with Crippen LogP contribution in [0.15, 0.2) is 57.2 Å². The molecule has 1 aliphatic rings. The number of phenolic OH excluding ortho intramolecular Hbond substituents is 2. The highest BCUT2D eigenvalue weighted by atomic mass is 32.2. The lowest BCUT2D eigenvalue weighted by molar-refractivity contribution is 0.395. The molecular weight excluding hydrogens is 234 g/mol. The van der Waals surface area contributed by atoms with Crippen LogP contribution in [0.25, 0.3) is 0 Å². The molecule has 0 bridgehead atoms. The normalized spacial score (nSPS) is 19.2. The second kappa shape index (κ2) is 3.82. The van der Waals surface area contributed by atoms with Gasteiger partial charge in [0.2, 0.25) is 0 Å². The van der Waals surface area contributed by atoms with Crippen molar-refractivity contribution in [2.75, 3.05) is 0 Å². The minimum atomic E-state index is -0.795. The van der Waals surface area contributed by atoms with Crippen LogP contribution in [0.5, 0.6) is 11.5 Å². The number of aliphatic imine (C=N–C) groups is 1. The molecule has 3 rings (SSSR count). The van der Waals surface area contributed by atoms with Crippen LogP contribution < -0.4 is 0 Å². The zero-order chi connectivity index (χ0) is 11.8. The van der Waals surface area contributed by atoms with Crippen molar-refractivity contribution in [1.29, 1.82) is 0 Å². The monoisotopic (exact) mass is 245 g/mol. The van der Waals surface area contributed by atoms with Crippen LogP contribution in [0, 0.1) is 0 Å². The fourth-order valence-corrected chi connectivity index (χ4v) is 3.83. The third kappa shape index (κ3) is 1.57. The van der Waals surface area contributed by atoms with Crippen LogP contribution in [-0.2, 0) is 0 Å². The molecule has 0 aliphatic carbocycles. The SMILES string of the molecule is Oc1cccc([SH]2C=Nc3ccccc32)c1O. The third-order valence-electron chi connectivity index (χ3n) is 2.71. The Morgan fingerprint density at radius 2 is 1.65 bits per heavy atom. The van der Waals surface area contributed by atoms with E-state index in [-0.39, 0.29) is 11.5 Å². The molecule has 1 aliphatic heterocycles. The summed E-state index contributed by atoms with van der Waals surface area (Å²) in [6.07, 6.45) is 0. The van der Waals surface area contributed by atoms with Crippen molar-refractivity contribution < 1.29 is 10.2 Å². The molecule has 17 heavy (non-hydrogen) atoms. The molecule has 4 heteroatoms. The van der Waals surface area contributed by atoms with Crippen molar-refractivity contribution in [3.8, 4) is 11.5 Å². The van der Waals surface area contributed by atoms with E-state index in [4.69, 9.17) is 0 Å². The van der Waals surface area contributed by atoms with E-state index in [1.54, 1.807) is 6.07 Å². The predicted octanol–water partition coefficient (Wildman–Crippen LogP) is 3.19. The molecule has 2 aromatic rings. The maximum Gasteiger partial charge on any atom is 0.170 e. The molecule has 0 saturated carbocycles. The minimum Gasteiger partial charge on any atom is -0.504 e. The zero-order valence-electron chi connectivity index (χ0n) is 8.91. The van der Waals surface area contributed by atoms with Crippen LogP contribution in [0.1, 0.15) is 0 Å². The molecule has 1 atom stereocenters. The number of rotatable bonds is 1. The van der Waals surface area contributed by atoms with Crippen LogP contribution in [0.3, 0.4) is 0 Å². The molecule has 86 valence electrons. The number of thiol groups is 1. The van der Waals surface area contributed by atoms with Gasteiger partial charge < -0.3 is 10.2 Å². The van der Waals surface area contributed by atoms with Gasteiger partial charge in [-0.15, -0.1) is 0 Å². The van der Waals surface area contributed by atoms with Crippen LogP contribution in [-0.4, -0.2) is 15.8 Å². The Kier molecular flexibility index (Phi) is 2.30. The van der Waals surface area contributed by atoms with E-state index >= 15 is 0 Å². The average molecular weight is 245 g/mol. The number of hydrogen-bond acceptors (Lipinski definition) is 3. The smallest absolute Gasteiger partial charge is 0.170 e. The summed E-state index contributed by atoms with van der Waals surface area (Å²) >= 11 is 0. The average Bonchev–Trinajstić information content (AvgIpc) is 2.77. The van der Waals surface area contributed by atoms with Gasteiger partial charge in [-0.2, -0.15) is 10.9 Å². The van der Waals surface area contributed by atoms with E-state index in [0.29, 0.717) is 0 Å². The Hall–Kier alpha value is -1.94. The highest BCUT2D eigenvalue weighted by molar-refractivity contribution is 8.29. The van der Waals surface area contributed by atoms with Gasteiger partial charge in [-0.1, -0.05) is 18.2 Å². The van der Waals surface area contributed by atoms with Gasteiger partial charge >= 0.3 is 0 Å². The van der Waals surface area contributed by atoms with E-state index < -0.39 is 10.9 Å². The Balaban J connectivity index is 2.14. The lowest BCUT2D eigenvalue weighted by atomic mass is 10.3. The molecule has 0 spiro atoms. The molecule has 0 radical (unpaired) electrons. The first-order valence-electron chi connectivity index (χ1n) is 5.21. The first-order chi connectivity index (χ1) is 8.27. The first kappa shape index (κ1) is 10.2. The predicted molar refractivity (Wildman–Crippen MR) is 69.9 cm³/mol. The summed E-state index contributed by atoms with van der Waals surface area (Å²) in [6, 6.07) is 12.9.